The Labute approximate surface area is 450 Å². The number of pyridine rings is 2. The van der Waals surface area contributed by atoms with Crippen molar-refractivity contribution in [3.63, 3.8) is 0 Å². The number of cyclic esters (lactones) is 1. The number of rotatable bonds is 14. The summed E-state index contributed by atoms with van der Waals surface area (Å²) in [4.78, 5) is 63.5. The molecule has 412 valence electrons. The van der Waals surface area contributed by atoms with Gasteiger partial charge >= 0.3 is 5.97 Å². The number of oxazole rings is 1. The Kier molecular flexibility index (Phi) is 15.8. The second-order valence-corrected chi connectivity index (χ2v) is 22.5. The number of nitrogens with zero attached hydrogens (tertiary/aromatic N) is 7. The lowest BCUT2D eigenvalue weighted by Crippen LogP contribution is -2.61. The maximum atomic E-state index is 15.0. The molecule has 4 saturated heterocycles. The number of hydrogen-bond donors (Lipinski definition) is 2. The monoisotopic (exact) mass is 1060 g/mol. The average molecular weight is 1060 g/mol. The number of carbonyl (C=O) groups is 3. The highest BCUT2D eigenvalue weighted by molar-refractivity contribution is 5.95. The van der Waals surface area contributed by atoms with Crippen LogP contribution in [0.1, 0.15) is 101 Å². The van der Waals surface area contributed by atoms with E-state index in [-0.39, 0.29) is 43.2 Å². The number of anilines is 1. The van der Waals surface area contributed by atoms with Crippen LogP contribution in [0, 0.1) is 17.3 Å². The van der Waals surface area contributed by atoms with E-state index in [4.69, 9.17) is 42.8 Å². The predicted molar refractivity (Wildman–Crippen MR) is 287 cm³/mol. The third-order valence-corrected chi connectivity index (χ3v) is 16.7. The van der Waals surface area contributed by atoms with E-state index in [1.807, 2.05) is 51.2 Å². The molecule has 5 aromatic rings. The number of aromatic nitrogens is 4. The summed E-state index contributed by atoms with van der Waals surface area (Å²) in [5.74, 6) is -1.41. The fraction of sp³-hybridized carbons (Fsp3) is 0.586. The van der Waals surface area contributed by atoms with Crippen molar-refractivity contribution in [2.45, 2.75) is 116 Å². The van der Waals surface area contributed by atoms with E-state index < -0.39 is 41.4 Å². The van der Waals surface area contributed by atoms with Crippen LogP contribution in [0.15, 0.2) is 65.5 Å². The molecule has 1 aromatic carbocycles. The SMILES string of the molecule is CCO[C@@H]1c2coc(n2)-c2ccc3c(c2)c(c(-c2cc(N4CCN(C5COC5)CC4)cnc2[C@H](C)OC)n3CCOC2CCOCC2)CC(C)(C)COC(=O)[C@@H]2CCCN(N2)C(=O)[C@H]1NC(=O)[C@@H]1[C@@H](C)[C@H]1c1ccccn1. The molecule has 11 rings (SSSR count). The third kappa shape index (κ3) is 11.1. The lowest BCUT2D eigenvalue weighted by Gasteiger charge is -2.43. The first-order valence-electron chi connectivity index (χ1n) is 27.9. The summed E-state index contributed by atoms with van der Waals surface area (Å²) >= 11 is 0. The summed E-state index contributed by atoms with van der Waals surface area (Å²) in [6.45, 7) is 18.2. The summed E-state index contributed by atoms with van der Waals surface area (Å²) in [5.41, 5.74) is 10.3. The average Bonchev–Trinajstić information content (AvgIpc) is 3.97. The Bertz CT molecular complexity index is 2890. The van der Waals surface area contributed by atoms with Gasteiger partial charge in [-0.05, 0) is 93.8 Å². The van der Waals surface area contributed by atoms with Crippen LogP contribution in [0.5, 0.6) is 0 Å². The zero-order valence-corrected chi connectivity index (χ0v) is 45.4. The number of methoxy groups -OCH3 is 1. The zero-order valence-electron chi connectivity index (χ0n) is 45.4. The topological polar surface area (TPSA) is 197 Å². The van der Waals surface area contributed by atoms with Crippen LogP contribution in [0.4, 0.5) is 5.69 Å². The van der Waals surface area contributed by atoms with Gasteiger partial charge in [0.25, 0.3) is 5.91 Å². The number of ether oxygens (including phenoxy) is 6. The van der Waals surface area contributed by atoms with Gasteiger partial charge in [-0.1, -0.05) is 26.8 Å². The third-order valence-electron chi connectivity index (χ3n) is 16.7. The van der Waals surface area contributed by atoms with Crippen molar-refractivity contribution in [3.8, 4) is 22.7 Å². The summed E-state index contributed by atoms with van der Waals surface area (Å²) < 4.78 is 45.5. The summed E-state index contributed by atoms with van der Waals surface area (Å²) in [6.07, 6.45) is 7.09. The minimum absolute atomic E-state index is 0.00139. The highest BCUT2D eigenvalue weighted by Gasteiger charge is 2.54. The molecule has 77 heavy (non-hydrogen) atoms. The molecule has 2 amide bonds. The summed E-state index contributed by atoms with van der Waals surface area (Å²) in [7, 11) is 1.72. The fourth-order valence-corrected chi connectivity index (χ4v) is 12.1. The first kappa shape index (κ1) is 53.2. The van der Waals surface area contributed by atoms with Gasteiger partial charge in [-0.3, -0.25) is 34.3 Å². The molecular formula is C58H75N9O10. The van der Waals surface area contributed by atoms with Gasteiger partial charge in [-0.2, -0.15) is 0 Å². The molecule has 4 aromatic heterocycles. The highest BCUT2D eigenvalue weighted by Crippen LogP contribution is 2.53. The Balaban J connectivity index is 1.03. The van der Waals surface area contributed by atoms with E-state index in [0.717, 1.165) is 97.0 Å². The predicted octanol–water partition coefficient (Wildman–Crippen LogP) is 6.41. The molecule has 0 spiro atoms. The molecule has 1 saturated carbocycles. The molecular weight excluding hydrogens is 983 g/mol. The van der Waals surface area contributed by atoms with Gasteiger partial charge in [0.2, 0.25) is 11.8 Å². The molecule has 19 nitrogen and oxygen atoms in total. The van der Waals surface area contributed by atoms with Crippen LogP contribution < -0.4 is 15.6 Å². The van der Waals surface area contributed by atoms with Crippen molar-refractivity contribution >= 4 is 34.4 Å². The molecule has 5 aliphatic heterocycles. The number of hydrogen-bond acceptors (Lipinski definition) is 16. The number of fused-ring (bicyclic) bond motifs is 6. The van der Waals surface area contributed by atoms with Gasteiger partial charge in [0.1, 0.15) is 30.1 Å². The van der Waals surface area contributed by atoms with Crippen LogP contribution in [0.3, 0.4) is 0 Å². The first-order chi connectivity index (χ1) is 37.4. The number of nitrogens with one attached hydrogen (secondary N) is 2. The number of amides is 2. The quantitative estimate of drug-likeness (QED) is 0.116. The lowest BCUT2D eigenvalue weighted by atomic mass is 9.84. The van der Waals surface area contributed by atoms with E-state index in [2.05, 4.69) is 62.1 Å². The van der Waals surface area contributed by atoms with Crippen LogP contribution in [-0.2, 0) is 55.8 Å². The van der Waals surface area contributed by atoms with Gasteiger partial charge in [-0.15, -0.1) is 0 Å². The molecule has 5 fully saturated rings. The maximum Gasteiger partial charge on any atom is 0.324 e. The van der Waals surface area contributed by atoms with Gasteiger partial charge in [0.05, 0.1) is 67.9 Å². The van der Waals surface area contributed by atoms with Crippen molar-refractivity contribution in [3.05, 3.63) is 83.8 Å². The lowest BCUT2D eigenvalue weighted by molar-refractivity contribution is -0.156. The standard InChI is InChI=1S/C58H75N9O10/c1-7-74-53-46-33-76-55(61-46)37-13-14-47-41(27-37)43(29-58(4,5)34-77-57(70)45-12-10-18-67(63-45)56(69)51(53)62-54(68)49-35(2)48(49)44-11-8-9-17-59-44)52(66(47)23-26-75-40-15-24-72-25-16-40)42-28-38(30-60-50(42)36(3)71-6)64-19-21-65(22-20-64)39-31-73-32-39/h8-9,11,13-14,17,27-28,30,33,35-36,39-40,45,48-49,51,53,63H,7,10,12,15-16,18-26,29,31-32,34H2,1-6H3,(H,62,68)/t35-,36-,45-,48-,49+,51-,53+/m0/s1. The molecule has 6 bridgehead atoms. The van der Waals surface area contributed by atoms with E-state index in [1.54, 1.807) is 13.3 Å². The van der Waals surface area contributed by atoms with Crippen molar-refractivity contribution < 1.29 is 47.2 Å². The van der Waals surface area contributed by atoms with Crippen molar-refractivity contribution in [1.29, 1.82) is 0 Å². The van der Waals surface area contributed by atoms with Gasteiger partial charge < -0.3 is 47.6 Å². The van der Waals surface area contributed by atoms with E-state index >= 15 is 0 Å². The maximum absolute atomic E-state index is 15.0. The highest BCUT2D eigenvalue weighted by atomic mass is 16.5. The van der Waals surface area contributed by atoms with E-state index in [1.165, 1.54) is 11.3 Å². The van der Waals surface area contributed by atoms with Crippen LogP contribution in [-0.4, -0.2) is 158 Å². The van der Waals surface area contributed by atoms with Gasteiger partial charge in [0, 0.05) is 117 Å². The first-order valence-corrected chi connectivity index (χ1v) is 27.9. The number of esters is 1. The van der Waals surface area contributed by atoms with Crippen LogP contribution in [0.25, 0.3) is 33.6 Å². The number of hydrazine groups is 1. The molecule has 2 N–H and O–H groups in total. The van der Waals surface area contributed by atoms with Crippen molar-refractivity contribution in [2.75, 3.05) is 91.0 Å². The molecule has 19 heteroatoms. The molecule has 1 aliphatic carbocycles. The Morgan fingerprint density at radius 1 is 0.974 bits per heavy atom. The normalized spacial score (nSPS) is 26.0. The Morgan fingerprint density at radius 3 is 2.53 bits per heavy atom. The second kappa shape index (κ2) is 22.9. The van der Waals surface area contributed by atoms with Gasteiger partial charge in [-0.25, -0.2) is 10.4 Å². The van der Waals surface area contributed by atoms with E-state index in [9.17, 15) is 14.4 Å². The Morgan fingerprint density at radius 2 is 1.79 bits per heavy atom. The van der Waals surface area contributed by atoms with Crippen molar-refractivity contribution in [2.24, 2.45) is 17.3 Å². The van der Waals surface area contributed by atoms with E-state index in [0.29, 0.717) is 75.4 Å². The van der Waals surface area contributed by atoms with Crippen LogP contribution >= 0.6 is 0 Å². The molecule has 0 radical (unpaired) electrons. The largest absolute Gasteiger partial charge is 0.464 e. The summed E-state index contributed by atoms with van der Waals surface area (Å²) in [5, 5.41) is 5.51. The molecule has 0 unspecified atom stereocenters. The Hall–Kier alpha value is -5.80. The van der Waals surface area contributed by atoms with Crippen LogP contribution in [0.2, 0.25) is 0 Å². The number of carbonyl (C=O) groups excluding carboxylic acids is 3. The number of piperazine rings is 1. The molecule has 6 aliphatic rings. The molecule has 9 heterocycles. The minimum Gasteiger partial charge on any atom is -0.464 e. The zero-order chi connectivity index (χ0) is 53.4. The van der Waals surface area contributed by atoms with Gasteiger partial charge in [0.15, 0.2) is 0 Å². The van der Waals surface area contributed by atoms with Crippen molar-refractivity contribution in [1.82, 2.24) is 40.2 Å². The molecule has 7 atom stereocenters. The summed E-state index contributed by atoms with van der Waals surface area (Å²) in [6, 6.07) is 12.6. The second-order valence-electron chi connectivity index (χ2n) is 22.5. The minimum atomic E-state index is -1.24. The fourth-order valence-electron chi connectivity index (χ4n) is 12.1. The smallest absolute Gasteiger partial charge is 0.324 e. The number of benzene rings is 1.